The van der Waals surface area contributed by atoms with Crippen molar-refractivity contribution in [2.45, 2.75) is 13.0 Å². The minimum atomic E-state index is -0.413. The fourth-order valence-electron chi connectivity index (χ4n) is 2.55. The lowest BCUT2D eigenvalue weighted by Crippen LogP contribution is -2.34. The molecule has 0 spiro atoms. The highest BCUT2D eigenvalue weighted by Crippen LogP contribution is 2.19. The summed E-state index contributed by atoms with van der Waals surface area (Å²) >= 11 is 0. The molecule has 0 radical (unpaired) electrons. The first-order chi connectivity index (χ1) is 12.7. The van der Waals surface area contributed by atoms with E-state index in [2.05, 4.69) is 21.9 Å². The molecular formula is C21H21N3O2. The fraction of sp³-hybridized carbons (Fsp3) is 0.143. The van der Waals surface area contributed by atoms with Gasteiger partial charge in [-0.25, -0.2) is 5.43 Å². The van der Waals surface area contributed by atoms with Crippen LogP contribution in [0.4, 0.5) is 5.69 Å². The standard InChI is InChI=1S/C21H21N3O2/c1-15(23-19-10-9-17-5-3-4-6-18(17)13-19)21(25)24-22-14-16-7-11-20(26-2)12-8-16/h3-15,23H,1-2H3,(H,24,25)/b22-14-/t15-/m0/s1. The molecule has 3 aromatic carbocycles. The largest absolute Gasteiger partial charge is 0.497 e. The molecular weight excluding hydrogens is 326 g/mol. The van der Waals surface area contributed by atoms with Gasteiger partial charge in [0.25, 0.3) is 5.91 Å². The van der Waals surface area contributed by atoms with Gasteiger partial charge in [-0.05, 0) is 59.7 Å². The molecule has 2 N–H and O–H groups in total. The van der Waals surface area contributed by atoms with Gasteiger partial charge in [0.1, 0.15) is 11.8 Å². The number of nitrogens with one attached hydrogen (secondary N) is 2. The van der Waals surface area contributed by atoms with Crippen LogP contribution in [-0.4, -0.2) is 25.3 Å². The number of nitrogens with zero attached hydrogens (tertiary/aromatic N) is 1. The molecule has 3 rings (SSSR count). The molecule has 0 saturated carbocycles. The van der Waals surface area contributed by atoms with Crippen LogP contribution in [0.5, 0.6) is 5.75 Å². The van der Waals surface area contributed by atoms with E-state index in [0.29, 0.717) is 0 Å². The lowest BCUT2D eigenvalue weighted by atomic mass is 10.1. The number of fused-ring (bicyclic) bond motifs is 1. The van der Waals surface area contributed by atoms with E-state index in [9.17, 15) is 4.79 Å². The Bertz CT molecular complexity index is 920. The molecule has 0 saturated heterocycles. The lowest BCUT2D eigenvalue weighted by Gasteiger charge is -2.14. The number of methoxy groups -OCH3 is 1. The molecule has 0 heterocycles. The van der Waals surface area contributed by atoms with Crippen LogP contribution >= 0.6 is 0 Å². The van der Waals surface area contributed by atoms with E-state index in [0.717, 1.165) is 22.4 Å². The third-order valence-electron chi connectivity index (χ3n) is 4.03. The number of anilines is 1. The summed E-state index contributed by atoms with van der Waals surface area (Å²) in [4.78, 5) is 12.2. The van der Waals surface area contributed by atoms with Crippen molar-refractivity contribution >= 4 is 28.6 Å². The first kappa shape index (κ1) is 17.5. The van der Waals surface area contributed by atoms with Gasteiger partial charge in [-0.2, -0.15) is 5.10 Å². The van der Waals surface area contributed by atoms with Crippen molar-refractivity contribution in [1.82, 2.24) is 5.43 Å². The summed E-state index contributed by atoms with van der Waals surface area (Å²) in [6.45, 7) is 1.80. The van der Waals surface area contributed by atoms with Gasteiger partial charge in [0.2, 0.25) is 0 Å². The zero-order chi connectivity index (χ0) is 18.4. The zero-order valence-electron chi connectivity index (χ0n) is 14.8. The Balaban J connectivity index is 1.57. The van der Waals surface area contributed by atoms with Crippen LogP contribution in [0.15, 0.2) is 71.8 Å². The Morgan fingerprint density at radius 2 is 1.77 bits per heavy atom. The Hall–Kier alpha value is -3.34. The summed E-state index contributed by atoms with van der Waals surface area (Å²) in [6.07, 6.45) is 1.60. The third-order valence-corrected chi connectivity index (χ3v) is 4.03. The SMILES string of the molecule is COc1ccc(/C=N\NC(=O)[C@H](C)Nc2ccc3ccccc3c2)cc1. The molecule has 26 heavy (non-hydrogen) atoms. The van der Waals surface area contributed by atoms with Crippen molar-refractivity contribution in [1.29, 1.82) is 0 Å². The lowest BCUT2D eigenvalue weighted by molar-refractivity contribution is -0.121. The van der Waals surface area contributed by atoms with Gasteiger partial charge >= 0.3 is 0 Å². The minimum Gasteiger partial charge on any atom is -0.497 e. The molecule has 1 atom stereocenters. The quantitative estimate of drug-likeness (QED) is 0.527. The number of amides is 1. The molecule has 0 aliphatic heterocycles. The highest BCUT2D eigenvalue weighted by Gasteiger charge is 2.11. The monoisotopic (exact) mass is 347 g/mol. The second-order valence-corrected chi connectivity index (χ2v) is 5.94. The summed E-state index contributed by atoms with van der Waals surface area (Å²) in [7, 11) is 1.62. The predicted octanol–water partition coefficient (Wildman–Crippen LogP) is 3.80. The van der Waals surface area contributed by atoms with E-state index in [-0.39, 0.29) is 5.91 Å². The highest BCUT2D eigenvalue weighted by atomic mass is 16.5. The predicted molar refractivity (Wildman–Crippen MR) is 106 cm³/mol. The molecule has 0 aliphatic rings. The van der Waals surface area contributed by atoms with E-state index < -0.39 is 6.04 Å². The molecule has 3 aromatic rings. The molecule has 5 nitrogen and oxygen atoms in total. The van der Waals surface area contributed by atoms with Gasteiger partial charge in [0.15, 0.2) is 0 Å². The number of carbonyl (C=O) groups is 1. The van der Waals surface area contributed by atoms with Crippen molar-refractivity contribution in [2.24, 2.45) is 5.10 Å². The van der Waals surface area contributed by atoms with Gasteiger partial charge < -0.3 is 10.1 Å². The van der Waals surface area contributed by atoms with Crippen molar-refractivity contribution < 1.29 is 9.53 Å². The van der Waals surface area contributed by atoms with E-state index in [1.54, 1.807) is 20.2 Å². The van der Waals surface area contributed by atoms with Crippen LogP contribution in [0.25, 0.3) is 10.8 Å². The Morgan fingerprint density at radius 3 is 2.50 bits per heavy atom. The van der Waals surface area contributed by atoms with Crippen LogP contribution in [0, 0.1) is 0 Å². The van der Waals surface area contributed by atoms with Gasteiger partial charge in [0.05, 0.1) is 13.3 Å². The van der Waals surface area contributed by atoms with Crippen molar-refractivity contribution in [3.8, 4) is 5.75 Å². The molecule has 0 aliphatic carbocycles. The zero-order valence-corrected chi connectivity index (χ0v) is 14.8. The number of carbonyl (C=O) groups excluding carboxylic acids is 1. The normalized spacial score (nSPS) is 12.1. The number of hydrazone groups is 1. The molecule has 0 unspecified atom stereocenters. The molecule has 0 aromatic heterocycles. The Morgan fingerprint density at radius 1 is 1.04 bits per heavy atom. The second kappa shape index (κ2) is 8.16. The van der Waals surface area contributed by atoms with Crippen LogP contribution in [0.1, 0.15) is 12.5 Å². The third kappa shape index (κ3) is 4.39. The molecule has 5 heteroatoms. The molecule has 0 bridgehead atoms. The van der Waals surface area contributed by atoms with E-state index in [1.165, 1.54) is 5.39 Å². The van der Waals surface area contributed by atoms with Gasteiger partial charge in [-0.15, -0.1) is 0 Å². The average molecular weight is 347 g/mol. The van der Waals surface area contributed by atoms with Crippen LogP contribution in [-0.2, 0) is 4.79 Å². The first-order valence-corrected chi connectivity index (χ1v) is 8.38. The molecule has 0 fully saturated rings. The van der Waals surface area contributed by atoms with Crippen molar-refractivity contribution in [2.75, 3.05) is 12.4 Å². The van der Waals surface area contributed by atoms with Crippen molar-refractivity contribution in [3.63, 3.8) is 0 Å². The maximum absolute atomic E-state index is 12.2. The maximum atomic E-state index is 12.2. The second-order valence-electron chi connectivity index (χ2n) is 5.94. The van der Waals surface area contributed by atoms with Crippen LogP contribution in [0.3, 0.4) is 0 Å². The van der Waals surface area contributed by atoms with Gasteiger partial charge in [0, 0.05) is 5.69 Å². The van der Waals surface area contributed by atoms with Crippen LogP contribution in [0.2, 0.25) is 0 Å². The summed E-state index contributed by atoms with van der Waals surface area (Å²) in [5.41, 5.74) is 4.32. The van der Waals surface area contributed by atoms with Crippen molar-refractivity contribution in [3.05, 3.63) is 72.3 Å². The molecule has 1 amide bonds. The summed E-state index contributed by atoms with van der Waals surface area (Å²) < 4.78 is 5.10. The number of hydrogen-bond acceptors (Lipinski definition) is 4. The van der Waals surface area contributed by atoms with Gasteiger partial charge in [-0.1, -0.05) is 30.3 Å². The Kier molecular flexibility index (Phi) is 5.49. The van der Waals surface area contributed by atoms with E-state index in [4.69, 9.17) is 4.74 Å². The number of benzene rings is 3. The topological polar surface area (TPSA) is 62.7 Å². The summed E-state index contributed by atoms with van der Waals surface area (Å²) in [6, 6.07) is 21.1. The van der Waals surface area contributed by atoms with E-state index in [1.807, 2.05) is 60.7 Å². The van der Waals surface area contributed by atoms with Gasteiger partial charge in [-0.3, -0.25) is 4.79 Å². The fourth-order valence-corrected chi connectivity index (χ4v) is 2.55. The van der Waals surface area contributed by atoms with E-state index >= 15 is 0 Å². The van der Waals surface area contributed by atoms with Crippen LogP contribution < -0.4 is 15.5 Å². The summed E-state index contributed by atoms with van der Waals surface area (Å²) in [5.74, 6) is 0.572. The maximum Gasteiger partial charge on any atom is 0.262 e. The Labute approximate surface area is 152 Å². The number of hydrogen-bond donors (Lipinski definition) is 2. The smallest absolute Gasteiger partial charge is 0.262 e. The number of ether oxygens (including phenoxy) is 1. The average Bonchev–Trinajstić information content (AvgIpc) is 2.68. The molecule has 132 valence electrons. The first-order valence-electron chi connectivity index (χ1n) is 8.38. The number of rotatable bonds is 6. The minimum absolute atomic E-state index is 0.206. The highest BCUT2D eigenvalue weighted by molar-refractivity contribution is 5.89. The summed E-state index contributed by atoms with van der Waals surface area (Å²) in [5, 5.41) is 9.49.